The molecular formula is C11H13ClO3S. The van der Waals surface area contributed by atoms with Gasteiger partial charge in [0.15, 0.2) is 0 Å². The van der Waals surface area contributed by atoms with Gasteiger partial charge in [-0.15, -0.1) is 0 Å². The van der Waals surface area contributed by atoms with E-state index in [0.717, 1.165) is 18.4 Å². The van der Waals surface area contributed by atoms with Crippen LogP contribution in [0.2, 0.25) is 0 Å². The Morgan fingerprint density at radius 2 is 2.06 bits per heavy atom. The van der Waals surface area contributed by atoms with Crippen LogP contribution in [-0.2, 0) is 21.1 Å². The van der Waals surface area contributed by atoms with Gasteiger partial charge in [0.05, 0.1) is 5.75 Å². The highest BCUT2D eigenvalue weighted by Gasteiger charge is 2.37. The van der Waals surface area contributed by atoms with Gasteiger partial charge in [-0.1, -0.05) is 24.3 Å². The van der Waals surface area contributed by atoms with Crippen molar-refractivity contribution in [1.82, 2.24) is 0 Å². The highest BCUT2D eigenvalue weighted by Crippen LogP contribution is 2.36. The van der Waals surface area contributed by atoms with E-state index < -0.39 is 20.4 Å². The smallest absolute Gasteiger partial charge is 0.235 e. The average molecular weight is 261 g/mol. The molecule has 1 unspecified atom stereocenters. The van der Waals surface area contributed by atoms with Gasteiger partial charge in [-0.05, 0) is 30.4 Å². The van der Waals surface area contributed by atoms with E-state index in [1.165, 1.54) is 0 Å². The third kappa shape index (κ3) is 2.39. The fourth-order valence-electron chi connectivity index (χ4n) is 2.33. The predicted molar refractivity (Wildman–Crippen MR) is 62.9 cm³/mol. The van der Waals surface area contributed by atoms with Gasteiger partial charge >= 0.3 is 0 Å². The standard InChI is InChI=1S/C11H13ClO3S/c12-16(14,15)8-11(13)7-3-5-9-4-1-2-6-10(9)11/h1-2,4,6,13H,3,5,7-8H2. The second-order valence-electron chi connectivity index (χ2n) is 4.23. The van der Waals surface area contributed by atoms with Gasteiger partial charge in [0.2, 0.25) is 9.05 Å². The average Bonchev–Trinajstić information content (AvgIpc) is 2.15. The SMILES string of the molecule is O=S(=O)(Cl)CC1(O)CCCc2ccccc21. The zero-order valence-electron chi connectivity index (χ0n) is 8.69. The summed E-state index contributed by atoms with van der Waals surface area (Å²) in [6.45, 7) is 0. The molecule has 0 aromatic heterocycles. The van der Waals surface area contributed by atoms with Crippen LogP contribution in [0.25, 0.3) is 0 Å². The molecule has 16 heavy (non-hydrogen) atoms. The van der Waals surface area contributed by atoms with Crippen molar-refractivity contribution in [3.05, 3.63) is 35.4 Å². The summed E-state index contributed by atoms with van der Waals surface area (Å²) in [7, 11) is 1.53. The molecule has 1 aliphatic carbocycles. The lowest BCUT2D eigenvalue weighted by Gasteiger charge is -2.33. The lowest BCUT2D eigenvalue weighted by atomic mass is 9.80. The summed E-state index contributed by atoms with van der Waals surface area (Å²) in [4.78, 5) is 0. The number of hydrogen-bond acceptors (Lipinski definition) is 3. The van der Waals surface area contributed by atoms with Gasteiger partial charge in [0.25, 0.3) is 0 Å². The summed E-state index contributed by atoms with van der Waals surface area (Å²) in [5.74, 6) is -0.418. The normalized spacial score (nSPS) is 25.1. The molecule has 0 heterocycles. The van der Waals surface area contributed by atoms with Gasteiger partial charge < -0.3 is 5.11 Å². The molecule has 1 aromatic rings. The first kappa shape index (κ1) is 11.9. The molecule has 1 N–H and O–H groups in total. The van der Waals surface area contributed by atoms with Crippen LogP contribution in [0.3, 0.4) is 0 Å². The van der Waals surface area contributed by atoms with E-state index in [1.54, 1.807) is 12.1 Å². The number of aryl methyl sites for hydroxylation is 1. The minimum atomic E-state index is -3.70. The van der Waals surface area contributed by atoms with Crippen LogP contribution in [-0.4, -0.2) is 19.3 Å². The largest absolute Gasteiger partial charge is 0.384 e. The number of aliphatic hydroxyl groups is 1. The number of hydrogen-bond donors (Lipinski definition) is 1. The van der Waals surface area contributed by atoms with Gasteiger partial charge in [0, 0.05) is 10.7 Å². The maximum Gasteiger partial charge on any atom is 0.235 e. The zero-order chi connectivity index (χ0) is 11.8. The van der Waals surface area contributed by atoms with Crippen molar-refractivity contribution in [1.29, 1.82) is 0 Å². The molecule has 2 rings (SSSR count). The molecule has 0 radical (unpaired) electrons. The van der Waals surface area contributed by atoms with Crippen molar-refractivity contribution >= 4 is 19.7 Å². The third-order valence-corrected chi connectivity index (χ3v) is 4.12. The van der Waals surface area contributed by atoms with E-state index in [9.17, 15) is 13.5 Å². The summed E-state index contributed by atoms with van der Waals surface area (Å²) in [5, 5.41) is 10.4. The second kappa shape index (κ2) is 4.02. The van der Waals surface area contributed by atoms with Gasteiger partial charge in [0.1, 0.15) is 5.60 Å². The Labute approximate surface area is 99.5 Å². The van der Waals surface area contributed by atoms with Crippen LogP contribution in [0.15, 0.2) is 24.3 Å². The topological polar surface area (TPSA) is 54.4 Å². The van der Waals surface area contributed by atoms with Crippen LogP contribution in [0.5, 0.6) is 0 Å². The maximum atomic E-state index is 11.1. The monoisotopic (exact) mass is 260 g/mol. The van der Waals surface area contributed by atoms with Crippen molar-refractivity contribution < 1.29 is 13.5 Å². The van der Waals surface area contributed by atoms with Crippen molar-refractivity contribution in [2.45, 2.75) is 24.9 Å². The van der Waals surface area contributed by atoms with Crippen LogP contribution >= 0.6 is 10.7 Å². The lowest BCUT2D eigenvalue weighted by Crippen LogP contribution is -2.36. The molecule has 1 aliphatic rings. The maximum absolute atomic E-state index is 11.1. The quantitative estimate of drug-likeness (QED) is 0.825. The van der Waals surface area contributed by atoms with Crippen LogP contribution in [0.4, 0.5) is 0 Å². The molecular weight excluding hydrogens is 248 g/mol. The summed E-state index contributed by atoms with van der Waals surface area (Å²) in [6.07, 6.45) is 2.09. The van der Waals surface area contributed by atoms with Crippen LogP contribution in [0.1, 0.15) is 24.0 Å². The summed E-state index contributed by atoms with van der Waals surface area (Å²) in [6, 6.07) is 7.38. The first-order chi connectivity index (χ1) is 7.41. The molecule has 0 amide bonds. The Hall–Kier alpha value is -0.580. The third-order valence-electron chi connectivity index (χ3n) is 2.97. The van der Waals surface area contributed by atoms with E-state index in [0.29, 0.717) is 12.0 Å². The van der Waals surface area contributed by atoms with E-state index in [1.807, 2.05) is 12.1 Å². The van der Waals surface area contributed by atoms with E-state index >= 15 is 0 Å². The van der Waals surface area contributed by atoms with Crippen LogP contribution < -0.4 is 0 Å². The Kier molecular flexibility index (Phi) is 2.99. The minimum Gasteiger partial charge on any atom is -0.384 e. The number of benzene rings is 1. The molecule has 1 atom stereocenters. The molecule has 1 aromatic carbocycles. The van der Waals surface area contributed by atoms with Gasteiger partial charge in [-0.3, -0.25) is 0 Å². The van der Waals surface area contributed by atoms with Crippen molar-refractivity contribution in [3.8, 4) is 0 Å². The fourth-order valence-corrected chi connectivity index (χ4v) is 3.75. The van der Waals surface area contributed by atoms with Crippen molar-refractivity contribution in [2.24, 2.45) is 0 Å². The number of halogens is 1. The summed E-state index contributed by atoms with van der Waals surface area (Å²) in [5.41, 5.74) is 0.386. The molecule has 0 saturated carbocycles. The molecule has 5 heteroatoms. The Morgan fingerprint density at radius 3 is 2.75 bits per heavy atom. The predicted octanol–water partition coefficient (Wildman–Crippen LogP) is 1.78. The van der Waals surface area contributed by atoms with Gasteiger partial charge in [-0.2, -0.15) is 0 Å². The first-order valence-electron chi connectivity index (χ1n) is 5.14. The fraction of sp³-hybridized carbons (Fsp3) is 0.455. The molecule has 3 nitrogen and oxygen atoms in total. The lowest BCUT2D eigenvalue weighted by molar-refractivity contribution is 0.0425. The first-order valence-corrected chi connectivity index (χ1v) is 7.62. The van der Waals surface area contributed by atoms with Crippen LogP contribution in [0, 0.1) is 0 Å². The minimum absolute atomic E-state index is 0.418. The Bertz CT molecular complexity index is 498. The highest BCUT2D eigenvalue weighted by atomic mass is 35.7. The van der Waals surface area contributed by atoms with E-state index in [4.69, 9.17) is 10.7 Å². The number of fused-ring (bicyclic) bond motifs is 1. The summed E-state index contributed by atoms with van der Waals surface area (Å²) < 4.78 is 22.2. The summed E-state index contributed by atoms with van der Waals surface area (Å²) >= 11 is 0. The second-order valence-corrected chi connectivity index (χ2v) is 7.00. The molecule has 0 saturated heterocycles. The van der Waals surface area contributed by atoms with Crippen molar-refractivity contribution in [2.75, 3.05) is 5.75 Å². The molecule has 0 bridgehead atoms. The van der Waals surface area contributed by atoms with Gasteiger partial charge in [-0.25, -0.2) is 8.42 Å². The molecule has 0 fully saturated rings. The Morgan fingerprint density at radius 1 is 1.38 bits per heavy atom. The van der Waals surface area contributed by atoms with Crippen molar-refractivity contribution in [3.63, 3.8) is 0 Å². The van der Waals surface area contributed by atoms with E-state index in [-0.39, 0.29) is 0 Å². The molecule has 0 aliphatic heterocycles. The molecule has 0 spiro atoms. The molecule has 88 valence electrons. The Balaban J connectivity index is 2.44. The zero-order valence-corrected chi connectivity index (χ0v) is 10.3. The highest BCUT2D eigenvalue weighted by molar-refractivity contribution is 8.13. The number of rotatable bonds is 2. The van der Waals surface area contributed by atoms with E-state index in [2.05, 4.69) is 0 Å².